The summed E-state index contributed by atoms with van der Waals surface area (Å²) in [7, 11) is 0. The minimum atomic E-state index is -0.310. The number of ketones is 1. The van der Waals surface area contributed by atoms with Gasteiger partial charge in [-0.3, -0.25) is 4.79 Å². The summed E-state index contributed by atoms with van der Waals surface area (Å²) in [6, 6.07) is 14.2. The van der Waals surface area contributed by atoms with Gasteiger partial charge < -0.3 is 4.98 Å². The van der Waals surface area contributed by atoms with Crippen LogP contribution in [-0.4, -0.2) is 36.7 Å². The quantitative estimate of drug-likeness (QED) is 0.391. The fraction of sp³-hybridized carbons (Fsp3) is 0.200. The number of tetrazole rings is 1. The molecule has 140 valence electrons. The summed E-state index contributed by atoms with van der Waals surface area (Å²) in [6.45, 7) is 0. The molecule has 1 aliphatic rings. The van der Waals surface area contributed by atoms with Gasteiger partial charge in [0.25, 0.3) is 0 Å². The van der Waals surface area contributed by atoms with Crippen LogP contribution in [0.25, 0.3) is 22.2 Å². The van der Waals surface area contributed by atoms with Crippen molar-refractivity contribution in [3.05, 3.63) is 59.9 Å². The molecule has 2 aromatic carbocycles. The molecule has 2 aromatic heterocycles. The lowest BCUT2D eigenvalue weighted by molar-refractivity contribution is 0.102. The molecular formula is C20H16FN5OS. The molecule has 0 atom stereocenters. The van der Waals surface area contributed by atoms with Gasteiger partial charge in [-0.15, -0.1) is 5.10 Å². The number of rotatable bonds is 6. The van der Waals surface area contributed by atoms with Crippen molar-refractivity contribution in [2.75, 3.05) is 5.75 Å². The molecule has 6 nitrogen and oxygen atoms in total. The van der Waals surface area contributed by atoms with Crippen molar-refractivity contribution in [2.24, 2.45) is 0 Å². The molecule has 0 radical (unpaired) electrons. The van der Waals surface area contributed by atoms with Gasteiger partial charge in [-0.2, -0.15) is 0 Å². The van der Waals surface area contributed by atoms with Crippen molar-refractivity contribution in [3.63, 3.8) is 0 Å². The van der Waals surface area contributed by atoms with E-state index in [1.807, 2.05) is 24.3 Å². The zero-order valence-electron chi connectivity index (χ0n) is 14.8. The van der Waals surface area contributed by atoms with E-state index in [9.17, 15) is 9.18 Å². The van der Waals surface area contributed by atoms with Crippen molar-refractivity contribution in [3.8, 4) is 11.3 Å². The molecule has 1 N–H and O–H groups in total. The fourth-order valence-corrected chi connectivity index (χ4v) is 4.11. The van der Waals surface area contributed by atoms with E-state index in [1.54, 1.807) is 16.8 Å². The van der Waals surface area contributed by atoms with Crippen molar-refractivity contribution in [1.29, 1.82) is 0 Å². The zero-order chi connectivity index (χ0) is 19.1. The highest BCUT2D eigenvalue weighted by Crippen LogP contribution is 2.37. The SMILES string of the molecule is O=C(CSc1nnnn1C1CC1)c1c(-c2ccc(F)cc2)[nH]c2ccccc12. The predicted molar refractivity (Wildman–Crippen MR) is 105 cm³/mol. The Morgan fingerprint density at radius 2 is 1.96 bits per heavy atom. The number of Topliss-reactive ketones (excluding diaryl/α,β-unsaturated/α-hetero) is 1. The van der Waals surface area contributed by atoms with E-state index in [4.69, 9.17) is 0 Å². The first kappa shape index (κ1) is 17.1. The summed E-state index contributed by atoms with van der Waals surface area (Å²) in [5.41, 5.74) is 2.96. The number of H-pyrrole nitrogens is 1. The normalized spacial score (nSPS) is 13.9. The van der Waals surface area contributed by atoms with Crippen LogP contribution >= 0.6 is 11.8 Å². The molecule has 4 aromatic rings. The number of aromatic amines is 1. The van der Waals surface area contributed by atoms with E-state index in [2.05, 4.69) is 20.5 Å². The second kappa shape index (κ2) is 6.87. The number of aromatic nitrogens is 5. The van der Waals surface area contributed by atoms with Gasteiger partial charge in [0.1, 0.15) is 5.82 Å². The lowest BCUT2D eigenvalue weighted by atomic mass is 10.0. The molecule has 0 saturated heterocycles. The molecule has 0 aliphatic heterocycles. The van der Waals surface area contributed by atoms with Crippen LogP contribution in [0.15, 0.2) is 53.7 Å². The number of thioether (sulfide) groups is 1. The molecule has 0 bridgehead atoms. The molecule has 5 rings (SSSR count). The molecule has 1 fully saturated rings. The van der Waals surface area contributed by atoms with Gasteiger partial charge in [-0.1, -0.05) is 30.0 Å². The Morgan fingerprint density at radius 3 is 2.75 bits per heavy atom. The van der Waals surface area contributed by atoms with E-state index in [-0.39, 0.29) is 17.4 Å². The van der Waals surface area contributed by atoms with Crippen LogP contribution in [0.1, 0.15) is 29.2 Å². The number of para-hydroxylation sites is 1. The maximum atomic E-state index is 13.4. The lowest BCUT2D eigenvalue weighted by Crippen LogP contribution is -2.06. The van der Waals surface area contributed by atoms with Crippen LogP contribution in [0, 0.1) is 5.82 Å². The van der Waals surface area contributed by atoms with Crippen LogP contribution in [0.2, 0.25) is 0 Å². The molecule has 1 aliphatic carbocycles. The third kappa shape index (κ3) is 3.09. The van der Waals surface area contributed by atoms with Crippen LogP contribution in [0.5, 0.6) is 0 Å². The summed E-state index contributed by atoms with van der Waals surface area (Å²) in [4.78, 5) is 16.5. The first-order valence-electron chi connectivity index (χ1n) is 9.01. The standard InChI is InChI=1S/C20H16FN5OS/c21-13-7-5-12(6-8-13)19-18(15-3-1-2-4-16(15)22-19)17(27)11-28-20-23-24-25-26(20)14-9-10-14/h1-8,14,22H,9-11H2. The summed E-state index contributed by atoms with van der Waals surface area (Å²) in [6.07, 6.45) is 2.15. The average molecular weight is 393 g/mol. The zero-order valence-corrected chi connectivity index (χ0v) is 15.6. The lowest BCUT2D eigenvalue weighted by Gasteiger charge is -2.05. The molecule has 0 unspecified atom stereocenters. The summed E-state index contributed by atoms with van der Waals surface area (Å²) in [5, 5.41) is 13.3. The van der Waals surface area contributed by atoms with Crippen molar-refractivity contribution >= 4 is 28.4 Å². The van der Waals surface area contributed by atoms with Gasteiger partial charge in [0, 0.05) is 10.9 Å². The first-order valence-corrected chi connectivity index (χ1v) is 10.00. The maximum absolute atomic E-state index is 13.4. The number of hydrogen-bond donors (Lipinski definition) is 1. The second-order valence-electron chi connectivity index (χ2n) is 6.78. The van der Waals surface area contributed by atoms with Gasteiger partial charge in [0.2, 0.25) is 5.16 Å². The van der Waals surface area contributed by atoms with Crippen LogP contribution in [0.3, 0.4) is 0 Å². The Labute approximate surface area is 164 Å². The van der Waals surface area contributed by atoms with Gasteiger partial charge in [0.15, 0.2) is 5.78 Å². The summed E-state index contributed by atoms with van der Waals surface area (Å²) in [5.74, 6) is -0.106. The van der Waals surface area contributed by atoms with Crippen LogP contribution in [0.4, 0.5) is 4.39 Å². The number of carbonyl (C=O) groups is 1. The van der Waals surface area contributed by atoms with Crippen molar-refractivity contribution in [2.45, 2.75) is 24.0 Å². The minimum absolute atomic E-state index is 0.0212. The van der Waals surface area contributed by atoms with Gasteiger partial charge in [-0.25, -0.2) is 9.07 Å². The molecule has 0 spiro atoms. The number of nitrogens with zero attached hydrogens (tertiary/aromatic N) is 4. The van der Waals surface area contributed by atoms with Crippen LogP contribution in [-0.2, 0) is 0 Å². The minimum Gasteiger partial charge on any atom is -0.354 e. The number of nitrogens with one attached hydrogen (secondary N) is 1. The van der Waals surface area contributed by atoms with E-state index in [1.165, 1.54) is 23.9 Å². The smallest absolute Gasteiger partial charge is 0.210 e. The Morgan fingerprint density at radius 1 is 1.18 bits per heavy atom. The highest BCUT2D eigenvalue weighted by molar-refractivity contribution is 7.99. The highest BCUT2D eigenvalue weighted by atomic mass is 32.2. The Bertz CT molecular complexity index is 1160. The second-order valence-corrected chi connectivity index (χ2v) is 7.72. The summed E-state index contributed by atoms with van der Waals surface area (Å²) < 4.78 is 15.2. The number of halogens is 1. The number of fused-ring (bicyclic) bond motifs is 1. The molecule has 0 amide bonds. The molecule has 8 heteroatoms. The van der Waals surface area contributed by atoms with Gasteiger partial charge in [0.05, 0.1) is 23.1 Å². The fourth-order valence-electron chi connectivity index (χ4n) is 3.30. The first-order chi connectivity index (χ1) is 13.7. The Hall–Kier alpha value is -3.00. The molecule has 1 saturated carbocycles. The van der Waals surface area contributed by atoms with E-state index in [0.717, 1.165) is 29.3 Å². The number of hydrogen-bond acceptors (Lipinski definition) is 5. The van der Waals surface area contributed by atoms with Crippen molar-refractivity contribution < 1.29 is 9.18 Å². The Balaban J connectivity index is 1.49. The number of carbonyl (C=O) groups excluding carboxylic acids is 1. The van der Waals surface area contributed by atoms with E-state index < -0.39 is 0 Å². The molecule has 28 heavy (non-hydrogen) atoms. The largest absolute Gasteiger partial charge is 0.354 e. The van der Waals surface area contributed by atoms with Crippen LogP contribution < -0.4 is 0 Å². The van der Waals surface area contributed by atoms with E-state index >= 15 is 0 Å². The third-order valence-corrected chi connectivity index (χ3v) is 5.74. The third-order valence-electron chi connectivity index (χ3n) is 4.81. The van der Waals surface area contributed by atoms with E-state index in [0.29, 0.717) is 22.5 Å². The van der Waals surface area contributed by atoms with Gasteiger partial charge in [-0.05, 0) is 59.2 Å². The van der Waals surface area contributed by atoms with Gasteiger partial charge >= 0.3 is 0 Å². The van der Waals surface area contributed by atoms with Crippen molar-refractivity contribution in [1.82, 2.24) is 25.2 Å². The monoisotopic (exact) mass is 393 g/mol. The number of benzene rings is 2. The predicted octanol–water partition coefficient (Wildman–Crippen LogP) is 4.27. The molecule has 2 heterocycles. The summed E-state index contributed by atoms with van der Waals surface area (Å²) >= 11 is 1.35. The maximum Gasteiger partial charge on any atom is 0.210 e. The average Bonchev–Trinajstić information content (AvgIpc) is 3.32. The topological polar surface area (TPSA) is 76.5 Å². The molecular weight excluding hydrogens is 377 g/mol. The highest BCUT2D eigenvalue weighted by Gasteiger charge is 2.28. The Kier molecular flexibility index (Phi) is 4.20.